The van der Waals surface area contributed by atoms with Gasteiger partial charge in [0.05, 0.1) is 19.0 Å². The van der Waals surface area contributed by atoms with Gasteiger partial charge in [0, 0.05) is 5.56 Å². The van der Waals surface area contributed by atoms with E-state index in [2.05, 4.69) is 15.1 Å². The normalized spacial score (nSPS) is 14.7. The van der Waals surface area contributed by atoms with Crippen LogP contribution in [0, 0.1) is 0 Å². The monoisotopic (exact) mass is 408 g/mol. The zero-order valence-electron chi connectivity index (χ0n) is 14.7. The number of furan rings is 1. The molecular formula is C16H17N4O7P. The molecule has 0 aliphatic carbocycles. The number of hydrogen-bond acceptors (Lipinski definition) is 9. The quantitative estimate of drug-likeness (QED) is 0.260. The zero-order valence-corrected chi connectivity index (χ0v) is 15.6. The van der Waals surface area contributed by atoms with Crippen LogP contribution in [0.4, 0.5) is 10.5 Å². The minimum atomic E-state index is -2.67. The molecule has 0 saturated carbocycles. The molecule has 0 bridgehead atoms. The summed E-state index contributed by atoms with van der Waals surface area (Å²) < 4.78 is 10.2. The predicted octanol–water partition coefficient (Wildman–Crippen LogP) is 1.70. The zero-order chi connectivity index (χ0) is 20.1. The van der Waals surface area contributed by atoms with Crippen molar-refractivity contribution in [1.82, 2.24) is 9.91 Å². The maximum absolute atomic E-state index is 12.1. The highest BCUT2D eigenvalue weighted by Gasteiger charge is 2.36. The first-order valence-corrected chi connectivity index (χ1v) is 9.10. The summed E-state index contributed by atoms with van der Waals surface area (Å²) in [5, 5.41) is 4.88. The molecule has 1 aromatic carbocycles. The second-order valence-electron chi connectivity index (χ2n) is 5.50. The molecule has 0 spiro atoms. The number of hydrazone groups is 1. The Labute approximate surface area is 160 Å². The van der Waals surface area contributed by atoms with Crippen molar-refractivity contribution in [2.45, 2.75) is 0 Å². The number of carbonyl (C=O) groups is 2. The van der Waals surface area contributed by atoms with E-state index in [1.807, 2.05) is 24.3 Å². The van der Waals surface area contributed by atoms with E-state index in [0.29, 0.717) is 11.5 Å². The highest BCUT2D eigenvalue weighted by molar-refractivity contribution is 7.39. The fourth-order valence-corrected chi connectivity index (χ4v) is 2.60. The van der Waals surface area contributed by atoms with Crippen LogP contribution in [-0.4, -0.2) is 58.2 Å². The summed E-state index contributed by atoms with van der Waals surface area (Å²) in [7, 11) is -1.14. The number of hydrogen-bond donors (Lipinski definition) is 3. The number of anilines is 1. The summed E-state index contributed by atoms with van der Waals surface area (Å²) in [6, 6.07) is 10.0. The Morgan fingerprint density at radius 2 is 2.00 bits per heavy atom. The Balaban J connectivity index is 1.64. The SMILES string of the molecule is CONc1ccc(-c2ccc(/C=N/N3CC(=O)N(COP(O)O)C3=O)o2)cc1. The smallest absolute Gasteiger partial charge is 0.349 e. The van der Waals surface area contributed by atoms with Crippen molar-refractivity contribution in [2.75, 3.05) is 25.9 Å². The maximum Gasteiger partial charge on any atom is 0.349 e. The fraction of sp³-hybridized carbons (Fsp3) is 0.188. The van der Waals surface area contributed by atoms with Gasteiger partial charge in [0.25, 0.3) is 5.91 Å². The summed E-state index contributed by atoms with van der Waals surface area (Å²) in [5.74, 6) is 0.422. The maximum atomic E-state index is 12.1. The van der Waals surface area contributed by atoms with Crippen molar-refractivity contribution in [3.05, 3.63) is 42.2 Å². The van der Waals surface area contributed by atoms with Gasteiger partial charge in [0.2, 0.25) is 0 Å². The van der Waals surface area contributed by atoms with E-state index in [0.717, 1.165) is 21.2 Å². The Hall–Kier alpha value is -2.82. The number of amides is 3. The molecule has 148 valence electrons. The van der Waals surface area contributed by atoms with E-state index >= 15 is 0 Å². The first-order valence-electron chi connectivity index (χ1n) is 7.94. The molecule has 11 nitrogen and oxygen atoms in total. The Morgan fingerprint density at radius 3 is 2.68 bits per heavy atom. The van der Waals surface area contributed by atoms with Gasteiger partial charge in [0.15, 0.2) is 0 Å². The van der Waals surface area contributed by atoms with Crippen LogP contribution in [0.15, 0.2) is 45.9 Å². The van der Waals surface area contributed by atoms with Crippen molar-refractivity contribution >= 4 is 32.4 Å². The molecule has 1 saturated heterocycles. The van der Waals surface area contributed by atoms with Gasteiger partial charge in [0.1, 0.15) is 24.8 Å². The van der Waals surface area contributed by atoms with Crippen LogP contribution in [-0.2, 0) is 14.2 Å². The molecule has 0 unspecified atom stereocenters. The van der Waals surface area contributed by atoms with Gasteiger partial charge < -0.3 is 14.2 Å². The molecule has 1 fully saturated rings. The number of benzene rings is 1. The Bertz CT molecular complexity index is 868. The molecule has 3 N–H and O–H groups in total. The number of imide groups is 1. The van der Waals surface area contributed by atoms with Crippen LogP contribution >= 0.6 is 8.60 Å². The van der Waals surface area contributed by atoms with Crippen molar-refractivity contribution in [3.8, 4) is 11.3 Å². The average Bonchev–Trinajstić information content (AvgIpc) is 3.24. The molecule has 3 amide bonds. The van der Waals surface area contributed by atoms with Crippen molar-refractivity contribution < 1.29 is 33.2 Å². The van der Waals surface area contributed by atoms with Crippen molar-refractivity contribution in [2.24, 2.45) is 5.10 Å². The largest absolute Gasteiger partial charge is 0.455 e. The summed E-state index contributed by atoms with van der Waals surface area (Å²) >= 11 is 0. The van der Waals surface area contributed by atoms with Gasteiger partial charge in [-0.15, -0.1) is 0 Å². The third kappa shape index (κ3) is 4.71. The van der Waals surface area contributed by atoms with E-state index in [9.17, 15) is 9.59 Å². The lowest BCUT2D eigenvalue weighted by Crippen LogP contribution is -2.32. The topological polar surface area (TPSA) is 137 Å². The molecule has 2 aromatic rings. The van der Waals surface area contributed by atoms with Crippen LogP contribution in [0.3, 0.4) is 0 Å². The van der Waals surface area contributed by atoms with E-state index in [4.69, 9.17) is 19.0 Å². The van der Waals surface area contributed by atoms with Gasteiger partial charge in [-0.05, 0) is 36.4 Å². The van der Waals surface area contributed by atoms with Crippen molar-refractivity contribution in [3.63, 3.8) is 0 Å². The van der Waals surface area contributed by atoms with Crippen LogP contribution < -0.4 is 5.48 Å². The Morgan fingerprint density at radius 1 is 1.25 bits per heavy atom. The number of carbonyl (C=O) groups excluding carboxylic acids is 2. The molecule has 1 aliphatic rings. The summed E-state index contributed by atoms with van der Waals surface area (Å²) in [5.41, 5.74) is 4.34. The van der Waals surface area contributed by atoms with Crippen molar-refractivity contribution in [1.29, 1.82) is 0 Å². The lowest BCUT2D eigenvalue weighted by atomic mass is 10.1. The number of nitrogens with one attached hydrogen (secondary N) is 1. The van der Waals surface area contributed by atoms with Crippen LogP contribution in [0.25, 0.3) is 11.3 Å². The van der Waals surface area contributed by atoms with Gasteiger partial charge >= 0.3 is 14.6 Å². The van der Waals surface area contributed by atoms with Crippen LogP contribution in [0.2, 0.25) is 0 Å². The minimum absolute atomic E-state index is 0.283. The van der Waals surface area contributed by atoms with E-state index in [1.54, 1.807) is 12.1 Å². The highest BCUT2D eigenvalue weighted by atomic mass is 31.2. The Kier molecular flexibility index (Phi) is 6.34. The number of urea groups is 1. The standard InChI is InChI=1S/C16H17N4O7P/c1-25-18-12-4-2-11(3-5-12)14-7-6-13(27-14)8-17-20-9-15(21)19(16(20)22)10-26-28(23)24/h2-8,18,23-24H,9-10H2,1H3/b17-8+. The minimum Gasteiger partial charge on any atom is -0.455 e. The first kappa shape index (κ1) is 19.9. The molecule has 0 atom stereocenters. The van der Waals surface area contributed by atoms with E-state index in [1.165, 1.54) is 13.3 Å². The molecule has 3 rings (SSSR count). The molecule has 2 heterocycles. The van der Waals surface area contributed by atoms with Gasteiger partial charge in [-0.2, -0.15) is 5.10 Å². The number of rotatable bonds is 8. The molecular weight excluding hydrogens is 391 g/mol. The third-order valence-corrected chi connectivity index (χ3v) is 4.03. The molecule has 0 radical (unpaired) electrons. The molecule has 1 aliphatic heterocycles. The van der Waals surface area contributed by atoms with Gasteiger partial charge in [-0.3, -0.25) is 19.6 Å². The second-order valence-corrected chi connectivity index (χ2v) is 6.27. The first-order chi connectivity index (χ1) is 13.5. The van der Waals surface area contributed by atoms with E-state index in [-0.39, 0.29) is 6.54 Å². The second kappa shape index (κ2) is 8.91. The molecule has 1 aromatic heterocycles. The average molecular weight is 408 g/mol. The van der Waals surface area contributed by atoms with E-state index < -0.39 is 27.3 Å². The third-order valence-electron chi connectivity index (χ3n) is 3.68. The van der Waals surface area contributed by atoms with Crippen LogP contribution in [0.5, 0.6) is 0 Å². The summed E-state index contributed by atoms with van der Waals surface area (Å²) in [6.07, 6.45) is 1.31. The highest BCUT2D eigenvalue weighted by Crippen LogP contribution is 2.26. The summed E-state index contributed by atoms with van der Waals surface area (Å²) in [4.78, 5) is 46.9. The van der Waals surface area contributed by atoms with Gasteiger partial charge in [-0.25, -0.2) is 14.7 Å². The lowest BCUT2D eigenvalue weighted by Gasteiger charge is -2.13. The summed E-state index contributed by atoms with van der Waals surface area (Å²) in [6.45, 7) is -0.837. The lowest BCUT2D eigenvalue weighted by molar-refractivity contribution is -0.127. The predicted molar refractivity (Wildman–Crippen MR) is 98.6 cm³/mol. The number of nitrogens with zero attached hydrogens (tertiary/aromatic N) is 3. The van der Waals surface area contributed by atoms with Crippen LogP contribution in [0.1, 0.15) is 5.76 Å². The van der Waals surface area contributed by atoms with Gasteiger partial charge in [-0.1, -0.05) is 0 Å². The molecule has 12 heteroatoms. The fourth-order valence-electron chi connectivity index (χ4n) is 2.38. The molecule has 28 heavy (non-hydrogen) atoms.